The van der Waals surface area contributed by atoms with Gasteiger partial charge < -0.3 is 4.52 Å². The third-order valence-corrected chi connectivity index (χ3v) is 2.64. The fraction of sp³-hybridized carbons (Fsp3) is 0.143. The van der Waals surface area contributed by atoms with E-state index in [4.69, 9.17) is 39.0 Å². The maximum Gasteiger partial charge on any atom is 0.279 e. The van der Waals surface area contributed by atoms with Crippen molar-refractivity contribution in [1.29, 1.82) is 0 Å². The Morgan fingerprint density at radius 2 is 2.08 bits per heavy atom. The number of hydrogen-bond donors (Lipinski definition) is 0. The summed E-state index contributed by atoms with van der Waals surface area (Å²) in [5.41, 5.74) is 0.713. The van der Waals surface area contributed by atoms with Crippen molar-refractivity contribution in [2.24, 2.45) is 0 Å². The molecule has 0 spiro atoms. The summed E-state index contributed by atoms with van der Waals surface area (Å²) in [6.07, 6.45) is 0. The van der Waals surface area contributed by atoms with E-state index in [9.17, 15) is 4.57 Å². The Morgan fingerprint density at radius 1 is 1.38 bits per heavy atom. The van der Waals surface area contributed by atoms with Crippen LogP contribution in [-0.4, -0.2) is 0 Å². The Morgan fingerprint density at radius 3 is 2.62 bits per heavy atom. The van der Waals surface area contributed by atoms with E-state index in [1.807, 2.05) is 0 Å². The lowest BCUT2D eigenvalue weighted by atomic mass is 10.2. The lowest BCUT2D eigenvalue weighted by molar-refractivity contribution is 0.328. The molecule has 0 bridgehead atoms. The smallest absolute Gasteiger partial charge is 0.279 e. The first-order valence-corrected chi connectivity index (χ1v) is 6.44. The zero-order valence-corrected chi connectivity index (χ0v) is 9.66. The molecule has 13 heavy (non-hydrogen) atoms. The van der Waals surface area contributed by atoms with Gasteiger partial charge in [-0.05, 0) is 28.9 Å². The average molecular weight is 259 g/mol. The second-order valence-electron chi connectivity index (χ2n) is 2.26. The van der Waals surface area contributed by atoms with Crippen molar-refractivity contribution in [3.63, 3.8) is 0 Å². The van der Waals surface area contributed by atoms with Crippen molar-refractivity contribution in [2.75, 3.05) is 0 Å². The van der Waals surface area contributed by atoms with Crippen LogP contribution in [0, 0.1) is 0 Å². The monoisotopic (exact) mass is 258 g/mol. The van der Waals surface area contributed by atoms with Crippen molar-refractivity contribution in [1.82, 2.24) is 0 Å². The Kier molecular flexibility index (Phi) is 4.57. The van der Waals surface area contributed by atoms with Crippen molar-refractivity contribution in [3.05, 3.63) is 33.8 Å². The summed E-state index contributed by atoms with van der Waals surface area (Å²) in [6.45, 7) is 0.136. The molecule has 1 rings (SSSR count). The number of halogens is 3. The Labute approximate surface area is 91.4 Å². The fourth-order valence-electron chi connectivity index (χ4n) is 0.773. The normalized spacial score (nSPS) is 12.8. The highest BCUT2D eigenvalue weighted by molar-refractivity contribution is 7.69. The topological polar surface area (TPSA) is 26.3 Å². The minimum Gasteiger partial charge on any atom is -0.315 e. The minimum atomic E-state index is -2.43. The number of rotatable bonds is 3. The summed E-state index contributed by atoms with van der Waals surface area (Å²) in [4.78, 5) is 0. The van der Waals surface area contributed by atoms with Crippen molar-refractivity contribution >= 4 is 41.8 Å². The first kappa shape index (κ1) is 11.4. The summed E-state index contributed by atoms with van der Waals surface area (Å²) in [5, 5.41) is 1.03. The Balaban J connectivity index is 2.72. The summed E-state index contributed by atoms with van der Waals surface area (Å²) in [7, 11) is -2.43. The van der Waals surface area contributed by atoms with Crippen LogP contribution in [0.2, 0.25) is 10.0 Å². The number of benzene rings is 1. The predicted molar refractivity (Wildman–Crippen MR) is 56.1 cm³/mol. The molecule has 0 saturated carbocycles. The molecule has 1 unspecified atom stereocenters. The number of hydrogen-bond acceptors (Lipinski definition) is 2. The van der Waals surface area contributed by atoms with Crippen LogP contribution in [0.1, 0.15) is 5.56 Å². The highest BCUT2D eigenvalue weighted by Gasteiger charge is 2.02. The van der Waals surface area contributed by atoms with Gasteiger partial charge >= 0.3 is 0 Å². The molecule has 1 atom stereocenters. The van der Waals surface area contributed by atoms with E-state index < -0.39 is 7.38 Å². The summed E-state index contributed by atoms with van der Waals surface area (Å²) in [6, 6.07) is 4.97. The van der Waals surface area contributed by atoms with Gasteiger partial charge in [-0.25, -0.2) is 0 Å². The van der Waals surface area contributed by atoms with E-state index in [0.29, 0.717) is 15.6 Å². The summed E-state index contributed by atoms with van der Waals surface area (Å²) < 4.78 is 15.2. The van der Waals surface area contributed by atoms with E-state index in [-0.39, 0.29) is 6.61 Å². The van der Waals surface area contributed by atoms with Gasteiger partial charge in [0, 0.05) is 10.0 Å². The summed E-state index contributed by atoms with van der Waals surface area (Å²) in [5.74, 6) is 0. The predicted octanol–water partition coefficient (Wildman–Crippen LogP) is 4.14. The van der Waals surface area contributed by atoms with E-state index in [2.05, 4.69) is 0 Å². The quantitative estimate of drug-likeness (QED) is 0.763. The molecule has 1 aromatic carbocycles. The van der Waals surface area contributed by atoms with E-state index in [1.165, 1.54) is 0 Å². The molecule has 0 aliphatic carbocycles. The molecule has 0 aliphatic rings. The van der Waals surface area contributed by atoms with Crippen LogP contribution in [0.15, 0.2) is 18.2 Å². The van der Waals surface area contributed by atoms with E-state index >= 15 is 0 Å². The zero-order valence-electron chi connectivity index (χ0n) is 6.39. The second-order valence-corrected chi connectivity index (χ2v) is 4.80. The molecule has 6 heteroatoms. The maximum absolute atomic E-state index is 10.5. The highest BCUT2D eigenvalue weighted by Crippen LogP contribution is 2.31. The molecule has 0 aliphatic heterocycles. The molecular formula is C7H6Cl3O2P. The fourth-order valence-corrected chi connectivity index (χ4v) is 1.67. The van der Waals surface area contributed by atoms with Crippen molar-refractivity contribution in [3.8, 4) is 0 Å². The Bertz CT molecular complexity index is 330. The molecule has 0 heterocycles. The van der Waals surface area contributed by atoms with Crippen LogP contribution in [-0.2, 0) is 15.7 Å². The lowest BCUT2D eigenvalue weighted by Crippen LogP contribution is -1.85. The van der Waals surface area contributed by atoms with Gasteiger partial charge in [0.2, 0.25) is 0 Å². The SMILES string of the molecule is O=[PH](Cl)OCc1ccc(Cl)cc1Cl. The van der Waals surface area contributed by atoms with Gasteiger partial charge in [0.1, 0.15) is 0 Å². The van der Waals surface area contributed by atoms with Crippen LogP contribution in [0.25, 0.3) is 0 Å². The van der Waals surface area contributed by atoms with Crippen LogP contribution in [0.4, 0.5) is 0 Å². The molecule has 72 valence electrons. The van der Waals surface area contributed by atoms with Gasteiger partial charge in [-0.2, -0.15) is 0 Å². The van der Waals surface area contributed by atoms with Gasteiger partial charge in [-0.15, -0.1) is 0 Å². The van der Waals surface area contributed by atoms with E-state index in [1.54, 1.807) is 18.2 Å². The maximum atomic E-state index is 10.5. The van der Waals surface area contributed by atoms with Crippen LogP contribution >= 0.6 is 41.8 Å². The van der Waals surface area contributed by atoms with E-state index in [0.717, 1.165) is 0 Å². The standard InChI is InChI=1S/C7H6Cl3O2P/c8-6-2-1-5(7(9)3-6)4-12-13(10)11/h1-3,13H,4H2. The average Bonchev–Trinajstić information content (AvgIpc) is 2.02. The third-order valence-electron chi connectivity index (χ3n) is 1.36. The van der Waals surface area contributed by atoms with Gasteiger partial charge in [-0.3, -0.25) is 4.57 Å². The summed E-state index contributed by atoms with van der Waals surface area (Å²) >= 11 is 16.7. The molecule has 0 radical (unpaired) electrons. The zero-order chi connectivity index (χ0) is 9.84. The molecule has 0 fully saturated rings. The minimum absolute atomic E-state index is 0.136. The van der Waals surface area contributed by atoms with Crippen molar-refractivity contribution in [2.45, 2.75) is 6.61 Å². The highest BCUT2D eigenvalue weighted by atomic mass is 35.7. The van der Waals surface area contributed by atoms with Crippen LogP contribution < -0.4 is 0 Å². The van der Waals surface area contributed by atoms with Gasteiger partial charge in [0.25, 0.3) is 7.38 Å². The van der Waals surface area contributed by atoms with Gasteiger partial charge in [0.15, 0.2) is 0 Å². The molecular weight excluding hydrogens is 253 g/mol. The van der Waals surface area contributed by atoms with Gasteiger partial charge in [-0.1, -0.05) is 29.3 Å². The Hall–Kier alpha value is 0.280. The lowest BCUT2D eigenvalue weighted by Gasteiger charge is -2.03. The first-order valence-electron chi connectivity index (χ1n) is 3.36. The molecule has 0 aromatic heterocycles. The molecule has 0 N–H and O–H groups in total. The molecule has 1 aromatic rings. The molecule has 0 saturated heterocycles. The van der Waals surface area contributed by atoms with Crippen LogP contribution in [0.5, 0.6) is 0 Å². The third kappa shape index (κ3) is 3.88. The van der Waals surface area contributed by atoms with Crippen molar-refractivity contribution < 1.29 is 9.09 Å². The molecule has 0 amide bonds. The first-order chi connectivity index (χ1) is 6.09. The van der Waals surface area contributed by atoms with Crippen LogP contribution in [0.3, 0.4) is 0 Å². The second kappa shape index (κ2) is 5.23. The molecule has 2 nitrogen and oxygen atoms in total. The van der Waals surface area contributed by atoms with Gasteiger partial charge in [0.05, 0.1) is 6.61 Å². The largest absolute Gasteiger partial charge is 0.315 e.